The number of hydrogen-bond donors (Lipinski definition) is 0. The molecule has 1 aliphatic heterocycles. The number of Topliss-reactive ketones (excluding diaryl/α,β-unsaturated/α-hetero) is 1. The summed E-state index contributed by atoms with van der Waals surface area (Å²) in [6.45, 7) is 2.46. The Morgan fingerprint density at radius 2 is 1.96 bits per heavy atom. The Balaban J connectivity index is 1.56. The van der Waals surface area contributed by atoms with E-state index in [9.17, 15) is 14.0 Å². The topological polar surface area (TPSA) is 58.4 Å². The van der Waals surface area contributed by atoms with Crippen LogP contribution in [0.15, 0.2) is 34.9 Å². The Morgan fingerprint density at radius 1 is 1.24 bits per heavy atom. The fourth-order valence-corrected chi connectivity index (χ4v) is 3.36. The maximum Gasteiger partial charge on any atom is 0.275 e. The van der Waals surface area contributed by atoms with Gasteiger partial charge in [0, 0.05) is 45.0 Å². The van der Waals surface area contributed by atoms with Gasteiger partial charge >= 0.3 is 0 Å². The van der Waals surface area contributed by atoms with Crippen molar-refractivity contribution in [2.45, 2.75) is 0 Å². The quantitative estimate of drug-likeness (QED) is 0.725. The number of hydrogen-bond acceptors (Lipinski definition) is 4. The average Bonchev–Trinajstić information content (AvgIpc) is 2.93. The van der Waals surface area contributed by atoms with Crippen LogP contribution in [-0.2, 0) is 7.05 Å². The van der Waals surface area contributed by atoms with Crippen LogP contribution in [0.5, 0.6) is 0 Å². The minimum Gasteiger partial charge on any atom is -0.335 e. The molecule has 1 aromatic heterocycles. The Morgan fingerprint density at radius 3 is 2.56 bits per heavy atom. The molecule has 0 unspecified atom stereocenters. The third kappa shape index (κ3) is 4.13. The van der Waals surface area contributed by atoms with Gasteiger partial charge in [-0.05, 0) is 28.1 Å². The molecule has 1 fully saturated rings. The number of carbonyl (C=O) groups is 2. The van der Waals surface area contributed by atoms with E-state index in [1.54, 1.807) is 28.9 Å². The van der Waals surface area contributed by atoms with Gasteiger partial charge < -0.3 is 4.90 Å². The molecule has 132 valence electrons. The molecule has 3 rings (SSSR count). The standard InChI is InChI=1S/C17H18BrFN4O2/c1-21-10-14(18)16(20-21)17(25)23-7-5-22(6-8-23)11-15(24)12-3-2-4-13(19)9-12/h2-4,9-10H,5-8,11H2,1H3. The molecule has 1 aliphatic rings. The van der Waals surface area contributed by atoms with Gasteiger partial charge in [0.1, 0.15) is 5.82 Å². The monoisotopic (exact) mass is 408 g/mol. The summed E-state index contributed by atoms with van der Waals surface area (Å²) in [7, 11) is 1.76. The first-order valence-corrected chi connectivity index (χ1v) is 8.73. The molecule has 1 amide bonds. The molecule has 1 saturated heterocycles. The highest BCUT2D eigenvalue weighted by Gasteiger charge is 2.26. The van der Waals surface area contributed by atoms with Crippen LogP contribution in [0.2, 0.25) is 0 Å². The first kappa shape index (κ1) is 17.8. The molecule has 0 radical (unpaired) electrons. The lowest BCUT2D eigenvalue weighted by Crippen LogP contribution is -2.50. The zero-order chi connectivity index (χ0) is 18.0. The van der Waals surface area contributed by atoms with E-state index in [1.165, 1.54) is 18.2 Å². The van der Waals surface area contributed by atoms with E-state index in [4.69, 9.17) is 0 Å². The lowest BCUT2D eigenvalue weighted by molar-refractivity contribution is 0.0617. The molecule has 8 heteroatoms. The highest BCUT2D eigenvalue weighted by Crippen LogP contribution is 2.17. The molecular formula is C17H18BrFN4O2. The number of rotatable bonds is 4. The van der Waals surface area contributed by atoms with Gasteiger partial charge in [-0.25, -0.2) is 4.39 Å². The summed E-state index contributed by atoms with van der Waals surface area (Å²) in [5, 5.41) is 4.18. The van der Waals surface area contributed by atoms with Gasteiger partial charge in [-0.3, -0.25) is 19.2 Å². The minimum atomic E-state index is -0.415. The van der Waals surface area contributed by atoms with Gasteiger partial charge in [0.25, 0.3) is 5.91 Å². The first-order valence-electron chi connectivity index (χ1n) is 7.93. The maximum absolute atomic E-state index is 13.2. The Hall–Kier alpha value is -2.06. The number of aryl methyl sites for hydroxylation is 1. The number of nitrogens with zero attached hydrogens (tertiary/aromatic N) is 4. The molecule has 0 aliphatic carbocycles. The van der Waals surface area contributed by atoms with E-state index in [2.05, 4.69) is 21.0 Å². The van der Waals surface area contributed by atoms with E-state index >= 15 is 0 Å². The predicted octanol–water partition coefficient (Wildman–Crippen LogP) is 1.96. The van der Waals surface area contributed by atoms with Crippen molar-refractivity contribution in [1.29, 1.82) is 0 Å². The van der Waals surface area contributed by atoms with Crippen LogP contribution < -0.4 is 0 Å². The summed E-state index contributed by atoms with van der Waals surface area (Å²) in [5.74, 6) is -0.655. The SMILES string of the molecule is Cn1cc(Br)c(C(=O)N2CCN(CC(=O)c3cccc(F)c3)CC2)n1. The summed E-state index contributed by atoms with van der Waals surface area (Å²) in [5.41, 5.74) is 0.766. The second kappa shape index (κ2) is 7.45. The lowest BCUT2D eigenvalue weighted by atomic mass is 10.1. The van der Waals surface area contributed by atoms with Crippen molar-refractivity contribution in [2.75, 3.05) is 32.7 Å². The highest BCUT2D eigenvalue weighted by atomic mass is 79.9. The van der Waals surface area contributed by atoms with Crippen molar-refractivity contribution in [3.05, 3.63) is 52.0 Å². The number of carbonyl (C=O) groups excluding carboxylic acids is 2. The van der Waals surface area contributed by atoms with Crippen molar-refractivity contribution in [2.24, 2.45) is 7.05 Å². The number of halogens is 2. The largest absolute Gasteiger partial charge is 0.335 e. The molecule has 1 aromatic carbocycles. The van der Waals surface area contributed by atoms with Crippen LogP contribution in [-0.4, -0.2) is 64.0 Å². The van der Waals surface area contributed by atoms with Crippen LogP contribution >= 0.6 is 15.9 Å². The summed E-state index contributed by atoms with van der Waals surface area (Å²) < 4.78 is 15.5. The van der Waals surface area contributed by atoms with Gasteiger partial charge in [-0.15, -0.1) is 0 Å². The fraction of sp³-hybridized carbons (Fsp3) is 0.353. The van der Waals surface area contributed by atoms with E-state index < -0.39 is 5.82 Å². The minimum absolute atomic E-state index is 0.119. The van der Waals surface area contributed by atoms with E-state index in [-0.39, 0.29) is 18.2 Å². The van der Waals surface area contributed by atoms with Crippen molar-refractivity contribution in [3.8, 4) is 0 Å². The molecule has 0 N–H and O–H groups in total. The Labute approximate surface area is 153 Å². The summed E-state index contributed by atoms with van der Waals surface area (Å²) in [4.78, 5) is 28.5. The number of amides is 1. The summed E-state index contributed by atoms with van der Waals surface area (Å²) in [6, 6.07) is 5.71. The fourth-order valence-electron chi connectivity index (χ4n) is 2.82. The first-order chi connectivity index (χ1) is 11.9. The van der Waals surface area contributed by atoms with Crippen LogP contribution in [0.4, 0.5) is 4.39 Å². The summed E-state index contributed by atoms with van der Waals surface area (Å²) >= 11 is 3.34. The number of piperazine rings is 1. The Bertz CT molecular complexity index is 800. The van der Waals surface area contributed by atoms with Crippen LogP contribution in [0, 0.1) is 5.82 Å². The second-order valence-electron chi connectivity index (χ2n) is 6.00. The number of aromatic nitrogens is 2. The zero-order valence-electron chi connectivity index (χ0n) is 13.8. The van der Waals surface area contributed by atoms with Crippen molar-refractivity contribution in [1.82, 2.24) is 19.6 Å². The molecular weight excluding hydrogens is 391 g/mol. The van der Waals surface area contributed by atoms with Crippen LogP contribution in [0.1, 0.15) is 20.8 Å². The summed E-state index contributed by atoms with van der Waals surface area (Å²) in [6.07, 6.45) is 1.74. The van der Waals surface area contributed by atoms with E-state index in [0.717, 1.165) is 0 Å². The van der Waals surface area contributed by atoms with E-state index in [0.29, 0.717) is 41.9 Å². The third-order valence-electron chi connectivity index (χ3n) is 4.16. The molecule has 2 heterocycles. The molecule has 6 nitrogen and oxygen atoms in total. The number of benzene rings is 1. The predicted molar refractivity (Wildman–Crippen MR) is 94.0 cm³/mol. The van der Waals surface area contributed by atoms with E-state index in [1.807, 2.05) is 4.90 Å². The molecule has 0 spiro atoms. The van der Waals surface area contributed by atoms with Gasteiger partial charge in [0.2, 0.25) is 0 Å². The second-order valence-corrected chi connectivity index (χ2v) is 6.86. The van der Waals surface area contributed by atoms with Gasteiger partial charge in [0.15, 0.2) is 11.5 Å². The zero-order valence-corrected chi connectivity index (χ0v) is 15.4. The van der Waals surface area contributed by atoms with Crippen molar-refractivity contribution < 1.29 is 14.0 Å². The highest BCUT2D eigenvalue weighted by molar-refractivity contribution is 9.10. The van der Waals surface area contributed by atoms with Gasteiger partial charge in [-0.2, -0.15) is 5.10 Å². The molecule has 2 aromatic rings. The molecule has 0 saturated carbocycles. The lowest BCUT2D eigenvalue weighted by Gasteiger charge is -2.34. The molecule has 0 bridgehead atoms. The van der Waals surface area contributed by atoms with Gasteiger partial charge in [0.05, 0.1) is 11.0 Å². The van der Waals surface area contributed by atoms with Crippen LogP contribution in [0.3, 0.4) is 0 Å². The van der Waals surface area contributed by atoms with Crippen molar-refractivity contribution in [3.63, 3.8) is 0 Å². The van der Waals surface area contributed by atoms with Crippen LogP contribution in [0.25, 0.3) is 0 Å². The molecule has 25 heavy (non-hydrogen) atoms. The Kier molecular flexibility index (Phi) is 5.29. The smallest absolute Gasteiger partial charge is 0.275 e. The maximum atomic E-state index is 13.2. The number of ketones is 1. The normalized spacial score (nSPS) is 15.4. The van der Waals surface area contributed by atoms with Gasteiger partial charge in [-0.1, -0.05) is 12.1 Å². The average molecular weight is 409 g/mol. The third-order valence-corrected chi connectivity index (χ3v) is 4.74. The van der Waals surface area contributed by atoms with Crippen molar-refractivity contribution >= 4 is 27.6 Å². The molecule has 0 atom stereocenters.